The Labute approximate surface area is 104 Å². The molecule has 0 amide bonds. The topological polar surface area (TPSA) is 15.3 Å². The second kappa shape index (κ2) is 5.52. The standard InChI is InChI=1S/C13H23ClN2/c1-10(8-14)9-15-11-6-12-4-3-5-13(7-11)16(12)2/h8,11-13,15H,3-7,9H2,1-2H3. The highest BCUT2D eigenvalue weighted by molar-refractivity contribution is 6.25. The van der Waals surface area contributed by atoms with Crippen LogP contribution < -0.4 is 5.32 Å². The van der Waals surface area contributed by atoms with Gasteiger partial charge >= 0.3 is 0 Å². The van der Waals surface area contributed by atoms with E-state index in [-0.39, 0.29) is 0 Å². The highest BCUT2D eigenvalue weighted by atomic mass is 35.5. The van der Waals surface area contributed by atoms with Crippen LogP contribution in [0.25, 0.3) is 0 Å². The first-order valence-corrected chi connectivity index (χ1v) is 6.85. The smallest absolute Gasteiger partial charge is 0.0176 e. The van der Waals surface area contributed by atoms with Crippen molar-refractivity contribution in [2.24, 2.45) is 0 Å². The first-order chi connectivity index (χ1) is 7.70. The molecule has 0 aromatic rings. The normalized spacial score (nSPS) is 36.4. The van der Waals surface area contributed by atoms with E-state index in [4.69, 9.17) is 11.6 Å². The Morgan fingerprint density at radius 2 is 2.00 bits per heavy atom. The predicted molar refractivity (Wildman–Crippen MR) is 69.8 cm³/mol. The van der Waals surface area contributed by atoms with Crippen LogP contribution in [-0.4, -0.2) is 36.6 Å². The summed E-state index contributed by atoms with van der Waals surface area (Å²) in [5.41, 5.74) is 2.91. The molecule has 2 unspecified atom stereocenters. The minimum atomic E-state index is 0.693. The molecule has 1 N–H and O–H groups in total. The van der Waals surface area contributed by atoms with Crippen molar-refractivity contribution >= 4 is 11.6 Å². The van der Waals surface area contributed by atoms with E-state index in [1.807, 2.05) is 0 Å². The molecule has 2 atom stereocenters. The number of halogens is 1. The number of hydrogen-bond acceptors (Lipinski definition) is 2. The first kappa shape index (κ1) is 12.4. The summed E-state index contributed by atoms with van der Waals surface area (Å²) in [5, 5.41) is 3.64. The second-order valence-electron chi connectivity index (χ2n) is 5.41. The molecule has 2 heterocycles. The van der Waals surface area contributed by atoms with Crippen LogP contribution in [0.5, 0.6) is 0 Å². The van der Waals surface area contributed by atoms with Crippen LogP contribution in [0, 0.1) is 0 Å². The van der Waals surface area contributed by atoms with Gasteiger partial charge in [0.15, 0.2) is 0 Å². The van der Waals surface area contributed by atoms with Crippen LogP contribution in [0.3, 0.4) is 0 Å². The van der Waals surface area contributed by atoms with Gasteiger partial charge in [-0.2, -0.15) is 0 Å². The molecule has 0 radical (unpaired) electrons. The number of piperidine rings is 2. The monoisotopic (exact) mass is 242 g/mol. The molecular formula is C13H23ClN2. The van der Waals surface area contributed by atoms with Gasteiger partial charge in [0, 0.05) is 30.2 Å². The molecule has 2 bridgehead atoms. The van der Waals surface area contributed by atoms with Gasteiger partial charge in [0.1, 0.15) is 0 Å². The SMILES string of the molecule is CC(=CCl)CNC1CC2CCCC(C1)N2C. The summed E-state index contributed by atoms with van der Waals surface area (Å²) in [7, 11) is 2.30. The zero-order chi connectivity index (χ0) is 11.5. The fourth-order valence-corrected chi connectivity index (χ4v) is 3.20. The number of nitrogens with zero attached hydrogens (tertiary/aromatic N) is 1. The number of fused-ring (bicyclic) bond motifs is 2. The maximum Gasteiger partial charge on any atom is 0.0176 e. The van der Waals surface area contributed by atoms with Gasteiger partial charge in [-0.1, -0.05) is 18.0 Å². The lowest BCUT2D eigenvalue weighted by molar-refractivity contribution is 0.0493. The maximum atomic E-state index is 5.68. The average Bonchev–Trinajstić information content (AvgIpc) is 2.26. The molecule has 92 valence electrons. The summed E-state index contributed by atoms with van der Waals surface area (Å²) < 4.78 is 0. The third-order valence-electron chi connectivity index (χ3n) is 4.20. The van der Waals surface area contributed by atoms with Crippen molar-refractivity contribution in [3.8, 4) is 0 Å². The highest BCUT2D eigenvalue weighted by Crippen LogP contribution is 2.32. The minimum absolute atomic E-state index is 0.693. The van der Waals surface area contributed by atoms with Crippen molar-refractivity contribution < 1.29 is 0 Å². The summed E-state index contributed by atoms with van der Waals surface area (Å²) >= 11 is 5.68. The summed E-state index contributed by atoms with van der Waals surface area (Å²) in [6.45, 7) is 3.02. The van der Waals surface area contributed by atoms with Crippen LogP contribution >= 0.6 is 11.6 Å². The molecule has 0 aromatic carbocycles. The van der Waals surface area contributed by atoms with E-state index in [0.29, 0.717) is 6.04 Å². The van der Waals surface area contributed by atoms with Gasteiger partial charge < -0.3 is 10.2 Å². The van der Waals surface area contributed by atoms with Crippen molar-refractivity contribution in [2.45, 2.75) is 57.2 Å². The summed E-state index contributed by atoms with van der Waals surface area (Å²) in [6.07, 6.45) is 6.81. The Kier molecular flexibility index (Phi) is 4.28. The van der Waals surface area contributed by atoms with Crippen LogP contribution in [0.1, 0.15) is 39.0 Å². The maximum absolute atomic E-state index is 5.68. The molecule has 0 aromatic heterocycles. The molecule has 2 saturated heterocycles. The number of nitrogens with one attached hydrogen (secondary N) is 1. The van der Waals surface area contributed by atoms with Gasteiger partial charge in [-0.25, -0.2) is 0 Å². The van der Waals surface area contributed by atoms with Crippen molar-refractivity contribution in [1.29, 1.82) is 0 Å². The first-order valence-electron chi connectivity index (χ1n) is 6.42. The van der Waals surface area contributed by atoms with E-state index in [0.717, 1.165) is 18.6 Å². The van der Waals surface area contributed by atoms with Crippen LogP contribution in [0.15, 0.2) is 11.1 Å². The number of rotatable bonds is 3. The zero-order valence-corrected chi connectivity index (χ0v) is 11.1. The number of hydrogen-bond donors (Lipinski definition) is 1. The largest absolute Gasteiger partial charge is 0.310 e. The van der Waals surface area contributed by atoms with Crippen molar-refractivity contribution in [3.63, 3.8) is 0 Å². The Bertz CT molecular complexity index is 251. The quantitative estimate of drug-likeness (QED) is 0.819. The molecule has 0 aliphatic carbocycles. The second-order valence-corrected chi connectivity index (χ2v) is 5.63. The fourth-order valence-electron chi connectivity index (χ4n) is 3.13. The lowest BCUT2D eigenvalue weighted by Crippen LogP contribution is -2.54. The minimum Gasteiger partial charge on any atom is -0.310 e. The van der Waals surface area contributed by atoms with Gasteiger partial charge in [-0.15, -0.1) is 0 Å². The van der Waals surface area contributed by atoms with Gasteiger partial charge in [-0.05, 0) is 45.2 Å². The summed E-state index contributed by atoms with van der Waals surface area (Å²) in [6, 6.07) is 2.31. The summed E-state index contributed by atoms with van der Waals surface area (Å²) in [5.74, 6) is 0. The molecule has 2 aliphatic rings. The van der Waals surface area contributed by atoms with Crippen LogP contribution in [0.4, 0.5) is 0 Å². The van der Waals surface area contributed by atoms with E-state index < -0.39 is 0 Å². The van der Waals surface area contributed by atoms with E-state index in [1.165, 1.54) is 37.7 Å². The summed E-state index contributed by atoms with van der Waals surface area (Å²) in [4.78, 5) is 2.60. The Morgan fingerprint density at radius 1 is 1.38 bits per heavy atom. The third kappa shape index (κ3) is 2.79. The molecule has 0 spiro atoms. The molecule has 2 fully saturated rings. The molecule has 2 nitrogen and oxygen atoms in total. The Morgan fingerprint density at radius 3 is 2.56 bits per heavy atom. The Balaban J connectivity index is 1.85. The van der Waals surface area contributed by atoms with Gasteiger partial charge in [0.2, 0.25) is 0 Å². The lowest BCUT2D eigenvalue weighted by Gasteiger charge is -2.47. The van der Waals surface area contributed by atoms with Crippen LogP contribution in [0.2, 0.25) is 0 Å². The van der Waals surface area contributed by atoms with Crippen molar-refractivity contribution in [2.75, 3.05) is 13.6 Å². The van der Waals surface area contributed by atoms with Gasteiger partial charge in [0.05, 0.1) is 0 Å². The molecule has 2 aliphatic heterocycles. The van der Waals surface area contributed by atoms with Crippen LogP contribution in [-0.2, 0) is 0 Å². The average molecular weight is 243 g/mol. The van der Waals surface area contributed by atoms with E-state index >= 15 is 0 Å². The molecular weight excluding hydrogens is 220 g/mol. The zero-order valence-electron chi connectivity index (χ0n) is 10.4. The Hall–Kier alpha value is -0.0500. The highest BCUT2D eigenvalue weighted by Gasteiger charge is 2.35. The van der Waals surface area contributed by atoms with Gasteiger partial charge in [0.25, 0.3) is 0 Å². The molecule has 2 rings (SSSR count). The van der Waals surface area contributed by atoms with Crippen molar-refractivity contribution in [1.82, 2.24) is 10.2 Å². The fraction of sp³-hybridized carbons (Fsp3) is 0.846. The van der Waals surface area contributed by atoms with E-state index in [9.17, 15) is 0 Å². The van der Waals surface area contributed by atoms with Gasteiger partial charge in [-0.3, -0.25) is 0 Å². The molecule has 0 saturated carbocycles. The molecule has 3 heteroatoms. The van der Waals surface area contributed by atoms with Crippen molar-refractivity contribution in [3.05, 3.63) is 11.1 Å². The third-order valence-corrected chi connectivity index (χ3v) is 4.57. The van der Waals surface area contributed by atoms with E-state index in [2.05, 4.69) is 24.2 Å². The predicted octanol–water partition coefficient (Wildman–Crippen LogP) is 2.73. The van der Waals surface area contributed by atoms with E-state index in [1.54, 1.807) is 5.54 Å². The molecule has 16 heavy (non-hydrogen) atoms. The lowest BCUT2D eigenvalue weighted by atomic mass is 9.82.